The van der Waals surface area contributed by atoms with Gasteiger partial charge in [-0.05, 0) is 68.1 Å². The van der Waals surface area contributed by atoms with E-state index in [4.69, 9.17) is 0 Å². The van der Waals surface area contributed by atoms with E-state index >= 15 is 0 Å². The van der Waals surface area contributed by atoms with Crippen LogP contribution in [0, 0.1) is 35.5 Å². The highest BCUT2D eigenvalue weighted by molar-refractivity contribution is 5.82. The van der Waals surface area contributed by atoms with Crippen molar-refractivity contribution in [2.75, 3.05) is 0 Å². The molecule has 0 aliphatic heterocycles. The van der Waals surface area contributed by atoms with Gasteiger partial charge in [-0.3, -0.25) is 4.79 Å². The van der Waals surface area contributed by atoms with Crippen molar-refractivity contribution in [1.82, 2.24) is 0 Å². The first-order chi connectivity index (χ1) is 8.13. The third-order valence-electron chi connectivity index (χ3n) is 5.57. The van der Waals surface area contributed by atoms with Gasteiger partial charge in [0.05, 0.1) is 0 Å². The lowest BCUT2D eigenvalue weighted by atomic mass is 9.51. The van der Waals surface area contributed by atoms with Crippen LogP contribution in [0.4, 0.5) is 0 Å². The molecule has 4 bridgehead atoms. The second-order valence-electron chi connectivity index (χ2n) is 7.36. The molecule has 0 aromatic heterocycles. The number of hydrogen-bond acceptors (Lipinski definition) is 1. The number of carbonyl (C=O) groups is 1. The van der Waals surface area contributed by atoms with E-state index in [1.165, 1.54) is 32.1 Å². The maximum absolute atomic E-state index is 12.4. The zero-order chi connectivity index (χ0) is 12.0. The van der Waals surface area contributed by atoms with Crippen molar-refractivity contribution in [3.8, 4) is 0 Å². The summed E-state index contributed by atoms with van der Waals surface area (Å²) in [6, 6.07) is 0. The van der Waals surface area contributed by atoms with Crippen LogP contribution in [-0.4, -0.2) is 5.78 Å². The maximum Gasteiger partial charge on any atom is 0.136 e. The van der Waals surface area contributed by atoms with Crippen molar-refractivity contribution in [2.45, 2.75) is 58.8 Å². The number of rotatable bonds is 4. The smallest absolute Gasteiger partial charge is 0.136 e. The molecule has 4 saturated carbocycles. The van der Waals surface area contributed by atoms with Crippen LogP contribution >= 0.6 is 0 Å². The zero-order valence-electron chi connectivity index (χ0n) is 11.3. The Labute approximate surface area is 105 Å². The van der Waals surface area contributed by atoms with Crippen LogP contribution in [0.5, 0.6) is 0 Å². The van der Waals surface area contributed by atoms with E-state index in [0.717, 1.165) is 36.5 Å². The summed E-state index contributed by atoms with van der Waals surface area (Å²) in [5, 5.41) is 0. The number of hydrogen-bond donors (Lipinski definition) is 0. The predicted molar refractivity (Wildman–Crippen MR) is 69.6 cm³/mol. The van der Waals surface area contributed by atoms with Gasteiger partial charge in [0.1, 0.15) is 5.78 Å². The molecule has 0 heterocycles. The van der Waals surface area contributed by atoms with Crippen LogP contribution in [0.2, 0.25) is 0 Å². The first-order valence-corrected chi connectivity index (χ1v) is 7.66. The molecule has 4 fully saturated rings. The molecule has 0 saturated heterocycles. The zero-order valence-corrected chi connectivity index (χ0v) is 11.3. The minimum Gasteiger partial charge on any atom is -0.299 e. The molecule has 0 radical (unpaired) electrons. The highest BCUT2D eigenvalue weighted by Gasteiger charge is 2.50. The number of Topliss-reactive ketones (excluding diaryl/α,β-unsaturated/α-hetero) is 1. The fourth-order valence-electron chi connectivity index (χ4n) is 5.05. The van der Waals surface area contributed by atoms with E-state index in [1.54, 1.807) is 0 Å². The lowest BCUT2D eigenvalue weighted by Crippen LogP contribution is -2.48. The first kappa shape index (κ1) is 11.7. The summed E-state index contributed by atoms with van der Waals surface area (Å²) in [6.07, 6.45) is 8.96. The van der Waals surface area contributed by atoms with Gasteiger partial charge in [-0.15, -0.1) is 0 Å². The highest BCUT2D eigenvalue weighted by atomic mass is 16.1. The Morgan fingerprint density at radius 1 is 1.00 bits per heavy atom. The lowest BCUT2D eigenvalue weighted by Gasteiger charge is -2.53. The standard InChI is InChI=1S/C16H26O/c1-10(2)3-4-15(17)16-13-6-11-5-12(8-13)9-14(16)7-11/h10-14,16H,3-9H2,1-2H3. The molecule has 96 valence electrons. The third-order valence-corrected chi connectivity index (χ3v) is 5.57. The van der Waals surface area contributed by atoms with Crippen LogP contribution in [-0.2, 0) is 4.79 Å². The van der Waals surface area contributed by atoms with Gasteiger partial charge in [0.2, 0.25) is 0 Å². The van der Waals surface area contributed by atoms with Gasteiger partial charge in [-0.25, -0.2) is 0 Å². The van der Waals surface area contributed by atoms with Gasteiger partial charge in [0.15, 0.2) is 0 Å². The Balaban J connectivity index is 1.65. The van der Waals surface area contributed by atoms with Crippen molar-refractivity contribution in [3.05, 3.63) is 0 Å². The van der Waals surface area contributed by atoms with Crippen LogP contribution < -0.4 is 0 Å². The molecule has 0 spiro atoms. The van der Waals surface area contributed by atoms with Crippen molar-refractivity contribution in [1.29, 1.82) is 0 Å². The Kier molecular flexibility index (Phi) is 3.04. The van der Waals surface area contributed by atoms with Crippen LogP contribution in [0.25, 0.3) is 0 Å². The highest BCUT2D eigenvalue weighted by Crippen LogP contribution is 2.56. The topological polar surface area (TPSA) is 17.1 Å². The molecule has 0 aromatic rings. The lowest BCUT2D eigenvalue weighted by molar-refractivity contribution is -0.136. The van der Waals surface area contributed by atoms with Crippen LogP contribution in [0.15, 0.2) is 0 Å². The Morgan fingerprint density at radius 3 is 2.00 bits per heavy atom. The summed E-state index contributed by atoms with van der Waals surface area (Å²) in [5.41, 5.74) is 0. The van der Waals surface area contributed by atoms with Crippen molar-refractivity contribution in [3.63, 3.8) is 0 Å². The van der Waals surface area contributed by atoms with E-state index in [2.05, 4.69) is 13.8 Å². The van der Waals surface area contributed by atoms with E-state index in [9.17, 15) is 4.79 Å². The molecule has 0 unspecified atom stereocenters. The van der Waals surface area contributed by atoms with E-state index < -0.39 is 0 Å². The summed E-state index contributed by atoms with van der Waals surface area (Å²) in [4.78, 5) is 12.4. The summed E-state index contributed by atoms with van der Waals surface area (Å²) in [5.74, 6) is 5.32. The Hall–Kier alpha value is -0.330. The average molecular weight is 234 g/mol. The largest absolute Gasteiger partial charge is 0.299 e. The molecule has 4 rings (SSSR count). The van der Waals surface area contributed by atoms with Gasteiger partial charge >= 0.3 is 0 Å². The quantitative estimate of drug-likeness (QED) is 0.717. The van der Waals surface area contributed by atoms with Crippen molar-refractivity contribution in [2.24, 2.45) is 35.5 Å². The summed E-state index contributed by atoms with van der Waals surface area (Å²) in [7, 11) is 0. The maximum atomic E-state index is 12.4. The van der Waals surface area contributed by atoms with Gasteiger partial charge < -0.3 is 0 Å². The molecule has 1 nitrogen and oxygen atoms in total. The van der Waals surface area contributed by atoms with Crippen LogP contribution in [0.3, 0.4) is 0 Å². The Bertz CT molecular complexity index is 277. The minimum absolute atomic E-state index is 0.474. The van der Waals surface area contributed by atoms with Gasteiger partial charge in [-0.1, -0.05) is 13.8 Å². The summed E-state index contributed by atoms with van der Waals surface area (Å²) in [6.45, 7) is 4.45. The second-order valence-corrected chi connectivity index (χ2v) is 7.36. The predicted octanol–water partition coefficient (Wildman–Crippen LogP) is 4.06. The molecule has 1 heteroatoms. The molecule has 4 aliphatic carbocycles. The Morgan fingerprint density at radius 2 is 1.53 bits per heavy atom. The number of carbonyl (C=O) groups excluding carboxylic acids is 1. The van der Waals surface area contributed by atoms with Gasteiger partial charge in [0.25, 0.3) is 0 Å². The normalized spacial score (nSPS) is 43.4. The molecule has 0 N–H and O–H groups in total. The van der Waals surface area contributed by atoms with Crippen molar-refractivity contribution < 1.29 is 4.79 Å². The molecule has 0 amide bonds. The first-order valence-electron chi connectivity index (χ1n) is 7.66. The summed E-state index contributed by atoms with van der Waals surface area (Å²) >= 11 is 0. The molecule has 0 aromatic carbocycles. The SMILES string of the molecule is CC(C)CCC(=O)C1C2CC3CC(C2)CC1C3. The van der Waals surface area contributed by atoms with Crippen LogP contribution in [0.1, 0.15) is 58.8 Å². The van der Waals surface area contributed by atoms with Gasteiger partial charge in [0, 0.05) is 12.3 Å². The molecular weight excluding hydrogens is 208 g/mol. The van der Waals surface area contributed by atoms with Gasteiger partial charge in [-0.2, -0.15) is 0 Å². The average Bonchev–Trinajstić information content (AvgIpc) is 2.24. The molecule has 17 heavy (non-hydrogen) atoms. The third kappa shape index (κ3) is 2.18. The van der Waals surface area contributed by atoms with Crippen molar-refractivity contribution >= 4 is 5.78 Å². The monoisotopic (exact) mass is 234 g/mol. The molecule has 0 atom stereocenters. The molecule has 4 aliphatic rings. The summed E-state index contributed by atoms with van der Waals surface area (Å²) < 4.78 is 0. The fourth-order valence-corrected chi connectivity index (χ4v) is 5.05. The van der Waals surface area contributed by atoms with E-state index in [1.807, 2.05) is 0 Å². The minimum atomic E-state index is 0.474. The van der Waals surface area contributed by atoms with E-state index in [0.29, 0.717) is 17.6 Å². The fraction of sp³-hybridized carbons (Fsp3) is 0.938. The van der Waals surface area contributed by atoms with E-state index in [-0.39, 0.29) is 0 Å². The molecular formula is C16H26O. The number of ketones is 1. The second kappa shape index (κ2) is 4.40.